The third-order valence-corrected chi connectivity index (χ3v) is 4.38. The quantitative estimate of drug-likeness (QED) is 0.846. The maximum Gasteiger partial charge on any atom is 0.257 e. The van der Waals surface area contributed by atoms with E-state index >= 15 is 0 Å². The van der Waals surface area contributed by atoms with Crippen LogP contribution in [0.1, 0.15) is 27.6 Å². The minimum Gasteiger partial charge on any atom is -0.493 e. The van der Waals surface area contributed by atoms with Crippen LogP contribution in [-0.2, 0) is 0 Å². The van der Waals surface area contributed by atoms with E-state index in [0.29, 0.717) is 44.1 Å². The van der Waals surface area contributed by atoms with Crippen LogP contribution in [0.15, 0.2) is 48.5 Å². The SMILES string of the molecule is CCOc1ccccc1C(=O)N1CCN(C(=O)c2ccccc2F)CC1. The molecule has 1 aliphatic heterocycles. The molecule has 0 N–H and O–H groups in total. The van der Waals surface area contributed by atoms with E-state index in [9.17, 15) is 14.0 Å². The standard InChI is InChI=1S/C20H21FN2O3/c1-2-26-18-10-6-4-8-16(18)20(25)23-13-11-22(12-14-23)19(24)15-7-3-5-9-17(15)21/h3-10H,2,11-14H2,1H3. The first-order valence-electron chi connectivity index (χ1n) is 8.66. The van der Waals surface area contributed by atoms with Gasteiger partial charge in [0.2, 0.25) is 0 Å². The van der Waals surface area contributed by atoms with Gasteiger partial charge in [0, 0.05) is 26.2 Å². The maximum absolute atomic E-state index is 13.8. The fourth-order valence-corrected chi connectivity index (χ4v) is 3.01. The molecule has 0 spiro atoms. The van der Waals surface area contributed by atoms with E-state index in [2.05, 4.69) is 0 Å². The Morgan fingerprint density at radius 2 is 1.38 bits per heavy atom. The van der Waals surface area contributed by atoms with Gasteiger partial charge in [0.1, 0.15) is 11.6 Å². The van der Waals surface area contributed by atoms with Crippen LogP contribution in [-0.4, -0.2) is 54.4 Å². The van der Waals surface area contributed by atoms with Crippen molar-refractivity contribution in [3.8, 4) is 5.75 Å². The fourth-order valence-electron chi connectivity index (χ4n) is 3.01. The summed E-state index contributed by atoms with van der Waals surface area (Å²) in [4.78, 5) is 28.5. The number of rotatable bonds is 4. The number of piperazine rings is 1. The molecule has 5 nitrogen and oxygen atoms in total. The summed E-state index contributed by atoms with van der Waals surface area (Å²) in [5.74, 6) is -0.427. The fraction of sp³-hybridized carbons (Fsp3) is 0.300. The lowest BCUT2D eigenvalue weighted by Gasteiger charge is -2.35. The molecule has 2 amide bonds. The van der Waals surface area contributed by atoms with Crippen LogP contribution in [0, 0.1) is 5.82 Å². The van der Waals surface area contributed by atoms with E-state index in [0.717, 1.165) is 0 Å². The first-order chi connectivity index (χ1) is 12.6. The molecule has 2 aromatic rings. The maximum atomic E-state index is 13.8. The number of amides is 2. The first-order valence-corrected chi connectivity index (χ1v) is 8.66. The lowest BCUT2D eigenvalue weighted by Crippen LogP contribution is -2.50. The molecule has 26 heavy (non-hydrogen) atoms. The Morgan fingerprint density at radius 3 is 1.96 bits per heavy atom. The van der Waals surface area contributed by atoms with Crippen LogP contribution in [0.5, 0.6) is 5.75 Å². The summed E-state index contributed by atoms with van der Waals surface area (Å²) >= 11 is 0. The summed E-state index contributed by atoms with van der Waals surface area (Å²) in [6.07, 6.45) is 0. The zero-order valence-corrected chi connectivity index (χ0v) is 14.7. The second-order valence-corrected chi connectivity index (χ2v) is 5.99. The Balaban J connectivity index is 1.66. The predicted octanol–water partition coefficient (Wildman–Crippen LogP) is 2.82. The van der Waals surface area contributed by atoms with Gasteiger partial charge in [-0.2, -0.15) is 0 Å². The third-order valence-electron chi connectivity index (χ3n) is 4.38. The van der Waals surface area contributed by atoms with Crippen LogP contribution >= 0.6 is 0 Å². The van der Waals surface area contributed by atoms with Crippen molar-refractivity contribution in [3.05, 3.63) is 65.5 Å². The van der Waals surface area contributed by atoms with E-state index in [1.165, 1.54) is 12.1 Å². The van der Waals surface area contributed by atoms with Crippen molar-refractivity contribution in [3.63, 3.8) is 0 Å². The van der Waals surface area contributed by atoms with Gasteiger partial charge in [-0.15, -0.1) is 0 Å². The lowest BCUT2D eigenvalue weighted by molar-refractivity contribution is 0.0530. The number of carbonyl (C=O) groups excluding carboxylic acids is 2. The molecule has 0 saturated carbocycles. The van der Waals surface area contributed by atoms with Crippen molar-refractivity contribution >= 4 is 11.8 Å². The van der Waals surface area contributed by atoms with Crippen molar-refractivity contribution in [1.29, 1.82) is 0 Å². The van der Waals surface area contributed by atoms with E-state index < -0.39 is 5.82 Å². The van der Waals surface area contributed by atoms with Gasteiger partial charge in [0.25, 0.3) is 11.8 Å². The van der Waals surface area contributed by atoms with Gasteiger partial charge < -0.3 is 14.5 Å². The van der Waals surface area contributed by atoms with Gasteiger partial charge in [0.05, 0.1) is 17.7 Å². The molecule has 6 heteroatoms. The van der Waals surface area contributed by atoms with Gasteiger partial charge in [-0.25, -0.2) is 4.39 Å². The van der Waals surface area contributed by atoms with Crippen LogP contribution in [0.4, 0.5) is 4.39 Å². The number of nitrogens with zero attached hydrogens (tertiary/aromatic N) is 2. The van der Waals surface area contributed by atoms with Crippen LogP contribution in [0.2, 0.25) is 0 Å². The van der Waals surface area contributed by atoms with E-state index in [-0.39, 0.29) is 17.4 Å². The average Bonchev–Trinajstić information content (AvgIpc) is 2.68. The molecule has 0 aliphatic carbocycles. The minimum atomic E-state index is -0.526. The molecule has 0 aromatic heterocycles. The Morgan fingerprint density at radius 1 is 0.885 bits per heavy atom. The second kappa shape index (κ2) is 7.99. The summed E-state index contributed by atoms with van der Waals surface area (Å²) < 4.78 is 19.3. The van der Waals surface area contributed by atoms with Crippen molar-refractivity contribution in [2.24, 2.45) is 0 Å². The van der Waals surface area contributed by atoms with E-state index in [1.54, 1.807) is 40.1 Å². The number of hydrogen-bond acceptors (Lipinski definition) is 3. The monoisotopic (exact) mass is 356 g/mol. The first kappa shape index (κ1) is 17.9. The average molecular weight is 356 g/mol. The molecule has 1 saturated heterocycles. The number of halogens is 1. The highest BCUT2D eigenvalue weighted by Crippen LogP contribution is 2.21. The zero-order valence-electron chi connectivity index (χ0n) is 14.7. The third kappa shape index (κ3) is 3.69. The second-order valence-electron chi connectivity index (χ2n) is 5.99. The molecule has 136 valence electrons. The van der Waals surface area contributed by atoms with Crippen LogP contribution in [0.25, 0.3) is 0 Å². The van der Waals surface area contributed by atoms with Gasteiger partial charge in [0.15, 0.2) is 0 Å². The van der Waals surface area contributed by atoms with Gasteiger partial charge >= 0.3 is 0 Å². The number of hydrogen-bond donors (Lipinski definition) is 0. The molecule has 1 fully saturated rings. The summed E-state index contributed by atoms with van der Waals surface area (Å²) in [5, 5.41) is 0. The number of ether oxygens (including phenoxy) is 1. The molecular formula is C20H21FN2O3. The molecule has 1 heterocycles. The summed E-state index contributed by atoms with van der Waals surface area (Å²) in [7, 11) is 0. The van der Waals surface area contributed by atoms with Gasteiger partial charge in [-0.05, 0) is 31.2 Å². The highest BCUT2D eigenvalue weighted by Gasteiger charge is 2.27. The predicted molar refractivity (Wildman–Crippen MR) is 95.8 cm³/mol. The lowest BCUT2D eigenvalue weighted by atomic mass is 10.1. The summed E-state index contributed by atoms with van der Waals surface area (Å²) in [6.45, 7) is 3.90. The highest BCUT2D eigenvalue weighted by atomic mass is 19.1. The number of carbonyl (C=O) groups is 2. The molecule has 0 bridgehead atoms. The number of benzene rings is 2. The van der Waals surface area contributed by atoms with Gasteiger partial charge in [-0.3, -0.25) is 9.59 Å². The Kier molecular flexibility index (Phi) is 5.51. The van der Waals surface area contributed by atoms with Crippen molar-refractivity contribution < 1.29 is 18.7 Å². The van der Waals surface area contributed by atoms with Crippen LogP contribution < -0.4 is 4.74 Å². The van der Waals surface area contributed by atoms with Crippen LogP contribution in [0.3, 0.4) is 0 Å². The number of para-hydroxylation sites is 1. The summed E-state index contributed by atoms with van der Waals surface area (Å²) in [6, 6.07) is 13.1. The topological polar surface area (TPSA) is 49.9 Å². The molecule has 0 unspecified atom stereocenters. The van der Waals surface area contributed by atoms with Crippen molar-refractivity contribution in [1.82, 2.24) is 9.80 Å². The largest absolute Gasteiger partial charge is 0.493 e. The molecule has 2 aromatic carbocycles. The van der Waals surface area contributed by atoms with Crippen molar-refractivity contribution in [2.45, 2.75) is 6.92 Å². The van der Waals surface area contributed by atoms with E-state index in [1.807, 2.05) is 13.0 Å². The van der Waals surface area contributed by atoms with E-state index in [4.69, 9.17) is 4.74 Å². The molecule has 3 rings (SSSR count). The minimum absolute atomic E-state index is 0.0639. The smallest absolute Gasteiger partial charge is 0.257 e. The highest BCUT2D eigenvalue weighted by molar-refractivity contribution is 5.97. The molecule has 0 atom stereocenters. The normalized spacial score (nSPS) is 14.2. The summed E-state index contributed by atoms with van der Waals surface area (Å²) in [5.41, 5.74) is 0.581. The molecular weight excluding hydrogens is 335 g/mol. The zero-order chi connectivity index (χ0) is 18.5. The Hall–Kier alpha value is -2.89. The van der Waals surface area contributed by atoms with Crippen molar-refractivity contribution in [2.75, 3.05) is 32.8 Å². The Labute approximate surface area is 152 Å². The Bertz CT molecular complexity index is 801. The molecule has 0 radical (unpaired) electrons. The van der Waals surface area contributed by atoms with Gasteiger partial charge in [-0.1, -0.05) is 24.3 Å². The molecule has 1 aliphatic rings.